The second-order valence-corrected chi connectivity index (χ2v) is 8.93. The Bertz CT molecular complexity index is 990. The summed E-state index contributed by atoms with van der Waals surface area (Å²) in [4.78, 5) is 47.2. The number of nitrogens with zero attached hydrogens (tertiary/aromatic N) is 3. The molecule has 34 heavy (non-hydrogen) atoms. The van der Waals surface area contributed by atoms with Crippen LogP contribution in [-0.4, -0.2) is 71.6 Å². The fourth-order valence-electron chi connectivity index (χ4n) is 4.00. The first kappa shape index (κ1) is 25.6. The molecule has 1 fully saturated rings. The molecular weight excluding hydrogens is 434 g/mol. The molecule has 2 unspecified atom stereocenters. The van der Waals surface area contributed by atoms with Crippen LogP contribution in [0.1, 0.15) is 45.6 Å². The van der Waals surface area contributed by atoms with Gasteiger partial charge in [-0.3, -0.25) is 14.5 Å². The van der Waals surface area contributed by atoms with E-state index in [0.29, 0.717) is 19.3 Å². The van der Waals surface area contributed by atoms with Gasteiger partial charge in [0.05, 0.1) is 6.54 Å². The summed E-state index contributed by atoms with van der Waals surface area (Å²) >= 11 is 0. The zero-order valence-electron chi connectivity index (χ0n) is 20.5. The summed E-state index contributed by atoms with van der Waals surface area (Å²) in [6.45, 7) is 6.32. The lowest BCUT2D eigenvalue weighted by atomic mass is 10.1. The van der Waals surface area contributed by atoms with Gasteiger partial charge in [0.1, 0.15) is 19.1 Å². The second-order valence-electron chi connectivity index (χ2n) is 8.93. The van der Waals surface area contributed by atoms with Crippen molar-refractivity contribution < 1.29 is 24.0 Å². The van der Waals surface area contributed by atoms with Gasteiger partial charge in [-0.2, -0.15) is 5.06 Å². The summed E-state index contributed by atoms with van der Waals surface area (Å²) in [5.41, 5.74) is 0.877. The molecule has 0 saturated carbocycles. The first-order chi connectivity index (χ1) is 16.4. The zero-order chi connectivity index (χ0) is 24.7. The van der Waals surface area contributed by atoms with E-state index in [9.17, 15) is 14.4 Å². The minimum absolute atomic E-state index is 0.0635. The Morgan fingerprint density at radius 1 is 1.21 bits per heavy atom. The van der Waals surface area contributed by atoms with Gasteiger partial charge in [0.2, 0.25) is 0 Å². The Kier molecular flexibility index (Phi) is 9.01. The van der Waals surface area contributed by atoms with Crippen LogP contribution in [0.5, 0.6) is 0 Å². The first-order valence-corrected chi connectivity index (χ1v) is 11.9. The maximum atomic E-state index is 13.3. The van der Waals surface area contributed by atoms with Crippen LogP contribution in [0.25, 0.3) is 10.8 Å². The van der Waals surface area contributed by atoms with Crippen LogP contribution in [0, 0.1) is 0 Å². The molecule has 0 spiro atoms. The normalized spacial score (nSPS) is 18.7. The summed E-state index contributed by atoms with van der Waals surface area (Å²) in [5, 5.41) is 3.21. The number of hydroxylamine groups is 2. The molecule has 2 aromatic rings. The standard InChI is InChI=1S/C26H35N3O5/c1-5-6-14-23-25(31)28(15-16-30)24(17-27(4)19(2)3)29(34-23)26(32)33-18-21-12-9-11-20-10-7-8-13-22(20)21/h7-13,16,19,23-24H,5-6,14-15,17-18H2,1-4H3. The van der Waals surface area contributed by atoms with Gasteiger partial charge < -0.3 is 14.4 Å². The molecule has 8 heteroatoms. The first-order valence-electron chi connectivity index (χ1n) is 11.9. The van der Waals surface area contributed by atoms with E-state index >= 15 is 0 Å². The number of likely N-dealkylation sites (N-methyl/N-ethyl adjacent to an activating group) is 1. The van der Waals surface area contributed by atoms with Crippen molar-refractivity contribution in [2.24, 2.45) is 0 Å². The molecule has 2 atom stereocenters. The number of ether oxygens (including phenoxy) is 1. The minimum atomic E-state index is -0.828. The average molecular weight is 470 g/mol. The van der Waals surface area contributed by atoms with Crippen molar-refractivity contribution in [3.63, 3.8) is 0 Å². The Labute approximate surface area is 201 Å². The fraction of sp³-hybridized carbons (Fsp3) is 0.500. The van der Waals surface area contributed by atoms with Crippen molar-refractivity contribution >= 4 is 29.1 Å². The molecule has 0 radical (unpaired) electrons. The Hall–Kier alpha value is -2.97. The Balaban J connectivity index is 1.85. The summed E-state index contributed by atoms with van der Waals surface area (Å²) in [6.07, 6.45) is 0.507. The van der Waals surface area contributed by atoms with E-state index in [2.05, 4.69) is 0 Å². The van der Waals surface area contributed by atoms with Crippen LogP contribution in [0.3, 0.4) is 0 Å². The maximum Gasteiger partial charge on any atom is 0.436 e. The molecule has 0 bridgehead atoms. The van der Waals surface area contributed by atoms with Gasteiger partial charge in [-0.1, -0.05) is 62.2 Å². The van der Waals surface area contributed by atoms with Crippen molar-refractivity contribution in [2.75, 3.05) is 20.1 Å². The number of aldehydes is 1. The van der Waals surface area contributed by atoms with Gasteiger partial charge in [0, 0.05) is 12.6 Å². The number of hydrogen-bond donors (Lipinski definition) is 0. The highest BCUT2D eigenvalue weighted by molar-refractivity contribution is 5.86. The van der Waals surface area contributed by atoms with Crippen LogP contribution >= 0.6 is 0 Å². The van der Waals surface area contributed by atoms with Gasteiger partial charge in [-0.15, -0.1) is 0 Å². The van der Waals surface area contributed by atoms with Crippen LogP contribution in [0.4, 0.5) is 4.79 Å². The van der Waals surface area contributed by atoms with Gasteiger partial charge in [0.25, 0.3) is 5.91 Å². The number of rotatable bonds is 10. The minimum Gasteiger partial charge on any atom is -0.443 e. The smallest absolute Gasteiger partial charge is 0.436 e. The van der Waals surface area contributed by atoms with E-state index in [1.807, 2.05) is 75.2 Å². The molecule has 184 valence electrons. The van der Waals surface area contributed by atoms with Crippen LogP contribution in [0.15, 0.2) is 42.5 Å². The second kappa shape index (κ2) is 11.9. The molecular formula is C26H35N3O5. The van der Waals surface area contributed by atoms with Gasteiger partial charge >= 0.3 is 6.09 Å². The molecule has 2 amide bonds. The lowest BCUT2D eigenvalue weighted by Gasteiger charge is -2.45. The Morgan fingerprint density at radius 3 is 2.65 bits per heavy atom. The maximum absolute atomic E-state index is 13.3. The predicted octanol–water partition coefficient (Wildman–Crippen LogP) is 3.98. The molecule has 1 saturated heterocycles. The van der Waals surface area contributed by atoms with Gasteiger partial charge in [-0.25, -0.2) is 4.79 Å². The molecule has 2 aromatic carbocycles. The van der Waals surface area contributed by atoms with E-state index < -0.39 is 18.4 Å². The Morgan fingerprint density at radius 2 is 1.94 bits per heavy atom. The third kappa shape index (κ3) is 5.93. The predicted molar refractivity (Wildman–Crippen MR) is 130 cm³/mol. The number of unbranched alkanes of at least 4 members (excludes halogenated alkanes) is 1. The summed E-state index contributed by atoms with van der Waals surface area (Å²) < 4.78 is 5.68. The van der Waals surface area contributed by atoms with E-state index in [0.717, 1.165) is 34.2 Å². The molecule has 0 aliphatic carbocycles. The molecule has 3 rings (SSSR count). The van der Waals surface area contributed by atoms with E-state index in [1.165, 1.54) is 4.90 Å². The largest absolute Gasteiger partial charge is 0.443 e. The molecule has 1 aliphatic rings. The quantitative estimate of drug-likeness (QED) is 0.490. The van der Waals surface area contributed by atoms with Crippen molar-refractivity contribution in [3.05, 3.63) is 48.0 Å². The van der Waals surface area contributed by atoms with Crippen LogP contribution in [0.2, 0.25) is 0 Å². The number of carbonyl (C=O) groups excluding carboxylic acids is 3. The lowest BCUT2D eigenvalue weighted by molar-refractivity contribution is -0.257. The highest BCUT2D eigenvalue weighted by atomic mass is 16.7. The van der Waals surface area contributed by atoms with E-state index in [4.69, 9.17) is 9.57 Å². The van der Waals surface area contributed by atoms with E-state index in [1.54, 1.807) is 0 Å². The van der Waals surface area contributed by atoms with Crippen molar-refractivity contribution in [1.82, 2.24) is 14.9 Å². The van der Waals surface area contributed by atoms with Crippen molar-refractivity contribution in [2.45, 2.75) is 65.0 Å². The third-order valence-corrected chi connectivity index (χ3v) is 6.26. The molecule has 0 N–H and O–H groups in total. The zero-order valence-corrected chi connectivity index (χ0v) is 20.5. The topological polar surface area (TPSA) is 79.4 Å². The fourth-order valence-corrected chi connectivity index (χ4v) is 4.00. The molecule has 8 nitrogen and oxygen atoms in total. The van der Waals surface area contributed by atoms with Crippen molar-refractivity contribution in [1.29, 1.82) is 0 Å². The highest BCUT2D eigenvalue weighted by Gasteiger charge is 2.44. The number of fused-ring (bicyclic) bond motifs is 1. The van der Waals surface area contributed by atoms with Gasteiger partial charge in [0.15, 0.2) is 6.10 Å². The molecule has 0 aromatic heterocycles. The molecule has 1 heterocycles. The number of hydrogen-bond acceptors (Lipinski definition) is 6. The lowest BCUT2D eigenvalue weighted by Crippen LogP contribution is -2.65. The van der Waals surface area contributed by atoms with E-state index in [-0.39, 0.29) is 25.1 Å². The summed E-state index contributed by atoms with van der Waals surface area (Å²) in [7, 11) is 1.90. The monoisotopic (exact) mass is 469 g/mol. The van der Waals surface area contributed by atoms with Gasteiger partial charge in [-0.05, 0) is 43.7 Å². The summed E-state index contributed by atoms with van der Waals surface area (Å²) in [6, 6.07) is 13.9. The molecule has 1 aliphatic heterocycles. The third-order valence-electron chi connectivity index (χ3n) is 6.26. The SMILES string of the molecule is CCCCC1ON(C(=O)OCc2cccc3ccccc23)C(CN(C)C(C)C)N(CC=O)C1=O. The van der Waals surface area contributed by atoms with Crippen LogP contribution < -0.4 is 0 Å². The number of carbonyl (C=O) groups is 3. The average Bonchev–Trinajstić information content (AvgIpc) is 2.84. The summed E-state index contributed by atoms with van der Waals surface area (Å²) in [5.74, 6) is -0.277. The number of benzene rings is 2. The van der Waals surface area contributed by atoms with Crippen molar-refractivity contribution in [3.8, 4) is 0 Å². The highest BCUT2D eigenvalue weighted by Crippen LogP contribution is 2.25. The van der Waals surface area contributed by atoms with Crippen LogP contribution in [-0.2, 0) is 25.8 Å². The number of amides is 2.